The van der Waals surface area contributed by atoms with Crippen LogP contribution in [0.2, 0.25) is 0 Å². The summed E-state index contributed by atoms with van der Waals surface area (Å²) in [6.07, 6.45) is 5.61. The molecule has 0 bridgehead atoms. The Morgan fingerprint density at radius 3 is 2.71 bits per heavy atom. The first kappa shape index (κ1) is 13.1. The molecule has 1 aromatic carbocycles. The Bertz CT molecular complexity index is 384. The van der Waals surface area contributed by atoms with Crippen LogP contribution in [0.5, 0.6) is 0 Å². The van der Waals surface area contributed by atoms with Gasteiger partial charge in [0.1, 0.15) is 0 Å². The Labute approximate surface area is 101 Å². The number of terminal acetylenes is 1. The number of carbonyl (C=O) groups excluding carboxylic acids is 1. The van der Waals surface area contributed by atoms with Crippen molar-refractivity contribution in [1.29, 1.82) is 0 Å². The number of benzene rings is 1. The van der Waals surface area contributed by atoms with Crippen LogP contribution in [0, 0.1) is 12.3 Å². The van der Waals surface area contributed by atoms with Gasteiger partial charge in [-0.1, -0.05) is 36.3 Å². The summed E-state index contributed by atoms with van der Waals surface area (Å²) >= 11 is 0. The van der Waals surface area contributed by atoms with Crippen molar-refractivity contribution in [3.63, 3.8) is 0 Å². The van der Waals surface area contributed by atoms with Gasteiger partial charge < -0.3 is 15.7 Å². The van der Waals surface area contributed by atoms with E-state index < -0.39 is 0 Å². The maximum absolute atomic E-state index is 11.3. The average Bonchev–Trinajstić information content (AvgIpc) is 2.36. The molecule has 0 aromatic heterocycles. The molecule has 3 N–H and O–H groups in total. The van der Waals surface area contributed by atoms with Crippen LogP contribution in [0.1, 0.15) is 5.56 Å². The summed E-state index contributed by atoms with van der Waals surface area (Å²) in [5, 5.41) is 14.3. The zero-order valence-electron chi connectivity index (χ0n) is 9.52. The summed E-state index contributed by atoms with van der Waals surface area (Å²) in [5.41, 5.74) is 1.06. The lowest BCUT2D eigenvalue weighted by atomic mass is 10.1. The van der Waals surface area contributed by atoms with Gasteiger partial charge in [0.15, 0.2) is 0 Å². The van der Waals surface area contributed by atoms with Gasteiger partial charge >= 0.3 is 6.03 Å². The molecule has 0 radical (unpaired) electrons. The van der Waals surface area contributed by atoms with Crippen molar-refractivity contribution in [3.05, 3.63) is 35.9 Å². The number of nitrogens with one attached hydrogen (secondary N) is 2. The number of aliphatic hydroxyl groups is 1. The number of aliphatic hydroxyl groups excluding tert-OH is 1. The highest BCUT2D eigenvalue weighted by Gasteiger charge is 2.11. The highest BCUT2D eigenvalue weighted by molar-refractivity contribution is 5.74. The van der Waals surface area contributed by atoms with Crippen LogP contribution in [-0.4, -0.2) is 30.3 Å². The minimum Gasteiger partial charge on any atom is -0.394 e. The van der Waals surface area contributed by atoms with E-state index in [0.717, 1.165) is 5.56 Å². The van der Waals surface area contributed by atoms with Crippen LogP contribution in [0.4, 0.5) is 4.79 Å². The van der Waals surface area contributed by atoms with Crippen LogP contribution in [0.25, 0.3) is 0 Å². The number of urea groups is 1. The highest BCUT2D eigenvalue weighted by atomic mass is 16.3. The Morgan fingerprint density at radius 2 is 2.12 bits per heavy atom. The topological polar surface area (TPSA) is 61.4 Å². The van der Waals surface area contributed by atoms with E-state index in [1.54, 1.807) is 0 Å². The van der Waals surface area contributed by atoms with Gasteiger partial charge in [0.05, 0.1) is 19.2 Å². The van der Waals surface area contributed by atoms with E-state index in [-0.39, 0.29) is 25.2 Å². The van der Waals surface area contributed by atoms with E-state index >= 15 is 0 Å². The Balaban J connectivity index is 2.44. The molecule has 0 saturated carbocycles. The predicted molar refractivity (Wildman–Crippen MR) is 66.4 cm³/mol. The fraction of sp³-hybridized carbons (Fsp3) is 0.308. The lowest BCUT2D eigenvalue weighted by molar-refractivity contribution is 0.216. The van der Waals surface area contributed by atoms with Crippen molar-refractivity contribution in [2.75, 3.05) is 13.2 Å². The molecular formula is C13H16N2O2. The van der Waals surface area contributed by atoms with Crippen molar-refractivity contribution < 1.29 is 9.90 Å². The third-order valence-electron chi connectivity index (χ3n) is 2.23. The Hall–Kier alpha value is -1.99. The molecule has 4 nitrogen and oxygen atoms in total. The molecule has 0 aliphatic rings. The molecular weight excluding hydrogens is 216 g/mol. The van der Waals surface area contributed by atoms with Crippen molar-refractivity contribution >= 4 is 6.03 Å². The third-order valence-corrected chi connectivity index (χ3v) is 2.23. The van der Waals surface area contributed by atoms with Gasteiger partial charge in [-0.15, -0.1) is 6.42 Å². The maximum atomic E-state index is 11.3. The van der Waals surface area contributed by atoms with Gasteiger partial charge in [-0.3, -0.25) is 0 Å². The van der Waals surface area contributed by atoms with Crippen LogP contribution in [0.15, 0.2) is 30.3 Å². The summed E-state index contributed by atoms with van der Waals surface area (Å²) in [6, 6.07) is 8.98. The second-order valence-electron chi connectivity index (χ2n) is 3.60. The Kier molecular flexibility index (Phi) is 5.62. The molecule has 0 fully saturated rings. The van der Waals surface area contributed by atoms with Crippen LogP contribution < -0.4 is 10.6 Å². The van der Waals surface area contributed by atoms with Gasteiger partial charge in [0, 0.05) is 0 Å². The van der Waals surface area contributed by atoms with E-state index in [1.807, 2.05) is 30.3 Å². The van der Waals surface area contributed by atoms with Crippen molar-refractivity contribution in [3.8, 4) is 12.3 Å². The number of carbonyl (C=O) groups is 1. The lowest BCUT2D eigenvalue weighted by Crippen LogP contribution is -2.44. The van der Waals surface area contributed by atoms with Crippen molar-refractivity contribution in [2.24, 2.45) is 0 Å². The quantitative estimate of drug-likeness (QED) is 0.648. The second kappa shape index (κ2) is 7.31. The zero-order valence-corrected chi connectivity index (χ0v) is 9.52. The van der Waals surface area contributed by atoms with Crippen molar-refractivity contribution in [2.45, 2.75) is 12.5 Å². The molecule has 17 heavy (non-hydrogen) atoms. The Morgan fingerprint density at radius 1 is 1.41 bits per heavy atom. The average molecular weight is 232 g/mol. The summed E-state index contributed by atoms with van der Waals surface area (Å²) in [7, 11) is 0. The zero-order chi connectivity index (χ0) is 12.5. The summed E-state index contributed by atoms with van der Waals surface area (Å²) in [6.45, 7) is 0.0632. The van der Waals surface area contributed by atoms with E-state index in [4.69, 9.17) is 6.42 Å². The first-order chi connectivity index (χ1) is 8.26. The molecule has 2 amide bonds. The van der Waals surface area contributed by atoms with Gasteiger partial charge in [-0.2, -0.15) is 0 Å². The first-order valence-electron chi connectivity index (χ1n) is 5.39. The van der Waals surface area contributed by atoms with E-state index in [0.29, 0.717) is 6.42 Å². The second-order valence-corrected chi connectivity index (χ2v) is 3.60. The summed E-state index contributed by atoms with van der Waals surface area (Å²) in [4.78, 5) is 11.3. The number of rotatable bonds is 5. The molecule has 0 saturated heterocycles. The van der Waals surface area contributed by atoms with Gasteiger partial charge in [0.25, 0.3) is 0 Å². The van der Waals surface area contributed by atoms with Crippen LogP contribution in [0.3, 0.4) is 0 Å². The smallest absolute Gasteiger partial charge is 0.315 e. The largest absolute Gasteiger partial charge is 0.394 e. The standard InChI is InChI=1S/C13H16N2O2/c1-2-8-14-13(17)15-12(10-16)9-11-6-4-3-5-7-11/h1,3-7,12,16H,8-10H2,(H2,14,15,17). The molecule has 1 unspecified atom stereocenters. The number of hydrogen-bond donors (Lipinski definition) is 3. The highest BCUT2D eigenvalue weighted by Crippen LogP contribution is 2.02. The number of amides is 2. The van der Waals surface area contributed by atoms with Crippen LogP contribution in [-0.2, 0) is 6.42 Å². The number of hydrogen-bond acceptors (Lipinski definition) is 2. The van der Waals surface area contributed by atoms with Crippen molar-refractivity contribution in [1.82, 2.24) is 10.6 Å². The summed E-state index contributed by atoms with van der Waals surface area (Å²) in [5.74, 6) is 2.31. The van der Waals surface area contributed by atoms with Gasteiger partial charge in [-0.25, -0.2) is 4.79 Å². The minimum absolute atomic E-state index is 0.113. The third kappa shape index (κ3) is 5.05. The maximum Gasteiger partial charge on any atom is 0.315 e. The molecule has 0 heterocycles. The van der Waals surface area contributed by atoms with E-state index in [1.165, 1.54) is 0 Å². The van der Waals surface area contributed by atoms with E-state index in [2.05, 4.69) is 16.6 Å². The van der Waals surface area contributed by atoms with E-state index in [9.17, 15) is 9.90 Å². The van der Waals surface area contributed by atoms with Crippen LogP contribution >= 0.6 is 0 Å². The molecule has 0 spiro atoms. The fourth-order valence-electron chi connectivity index (χ4n) is 1.43. The monoisotopic (exact) mass is 232 g/mol. The molecule has 1 aromatic rings. The molecule has 90 valence electrons. The molecule has 0 aliphatic heterocycles. The molecule has 4 heteroatoms. The van der Waals surface area contributed by atoms with Gasteiger partial charge in [-0.05, 0) is 12.0 Å². The minimum atomic E-state index is -0.363. The lowest BCUT2D eigenvalue weighted by Gasteiger charge is -2.16. The molecule has 0 aliphatic carbocycles. The van der Waals surface area contributed by atoms with Gasteiger partial charge in [0.2, 0.25) is 0 Å². The summed E-state index contributed by atoms with van der Waals surface area (Å²) < 4.78 is 0. The predicted octanol–water partition coefficient (Wildman–Crippen LogP) is 0.522. The molecule has 1 atom stereocenters. The normalized spacial score (nSPS) is 11.3. The fourth-order valence-corrected chi connectivity index (χ4v) is 1.43. The SMILES string of the molecule is C#CCNC(=O)NC(CO)Cc1ccccc1. The first-order valence-corrected chi connectivity index (χ1v) is 5.39. The molecule has 1 rings (SSSR count).